The van der Waals surface area contributed by atoms with E-state index < -0.39 is 0 Å². The molecule has 0 saturated heterocycles. The van der Waals surface area contributed by atoms with E-state index >= 15 is 0 Å². The van der Waals surface area contributed by atoms with Crippen molar-refractivity contribution in [3.8, 4) is 0 Å². The first-order valence-corrected chi connectivity index (χ1v) is 6.10. The second-order valence-electron chi connectivity index (χ2n) is 4.27. The summed E-state index contributed by atoms with van der Waals surface area (Å²) in [5.74, 6) is 0.150. The molecule has 0 radical (unpaired) electrons. The fourth-order valence-corrected chi connectivity index (χ4v) is 1.92. The van der Waals surface area contributed by atoms with E-state index in [1.807, 2.05) is 54.6 Å². The number of aromatic nitrogens is 2. The molecule has 0 fully saturated rings. The highest BCUT2D eigenvalue weighted by Gasteiger charge is 2.10. The number of para-hydroxylation sites is 2. The molecule has 3 aromatic rings. The Morgan fingerprint density at radius 1 is 1.05 bits per heavy atom. The van der Waals surface area contributed by atoms with Crippen LogP contribution < -0.4 is 5.32 Å². The number of H-pyrrole nitrogens is 1. The van der Waals surface area contributed by atoms with Crippen LogP contribution in [0.1, 0.15) is 16.2 Å². The Labute approximate surface area is 110 Å². The van der Waals surface area contributed by atoms with Gasteiger partial charge in [0.1, 0.15) is 0 Å². The minimum Gasteiger partial charge on any atom is -0.345 e. The second kappa shape index (κ2) is 4.94. The van der Waals surface area contributed by atoms with Crippen molar-refractivity contribution in [3.63, 3.8) is 0 Å². The number of carbonyl (C=O) groups excluding carboxylic acids is 1. The lowest BCUT2D eigenvalue weighted by molar-refractivity contribution is 0.0942. The molecule has 2 aromatic carbocycles. The average molecular weight is 251 g/mol. The van der Waals surface area contributed by atoms with Crippen molar-refractivity contribution in [2.24, 2.45) is 0 Å². The van der Waals surface area contributed by atoms with Crippen LogP contribution in [0.4, 0.5) is 0 Å². The molecular formula is C15H13N3O. The van der Waals surface area contributed by atoms with Gasteiger partial charge < -0.3 is 10.3 Å². The van der Waals surface area contributed by atoms with Gasteiger partial charge in [0, 0.05) is 6.54 Å². The fraction of sp³-hybridized carbons (Fsp3) is 0.0667. The van der Waals surface area contributed by atoms with Crippen molar-refractivity contribution < 1.29 is 4.79 Å². The molecule has 2 N–H and O–H groups in total. The summed E-state index contributed by atoms with van der Waals surface area (Å²) in [6, 6.07) is 17.4. The van der Waals surface area contributed by atoms with Gasteiger partial charge in [0.25, 0.3) is 5.91 Å². The van der Waals surface area contributed by atoms with Crippen LogP contribution in [-0.2, 0) is 6.54 Å². The SMILES string of the molecule is O=C(NCc1ccccc1)c1nc2ccccc2[nH]1. The molecule has 4 heteroatoms. The van der Waals surface area contributed by atoms with E-state index in [0.29, 0.717) is 12.4 Å². The number of aromatic amines is 1. The van der Waals surface area contributed by atoms with E-state index in [1.54, 1.807) is 0 Å². The molecule has 0 aliphatic heterocycles. The van der Waals surface area contributed by atoms with Crippen molar-refractivity contribution in [1.29, 1.82) is 0 Å². The highest BCUT2D eigenvalue weighted by atomic mass is 16.2. The zero-order valence-corrected chi connectivity index (χ0v) is 10.3. The third-order valence-corrected chi connectivity index (χ3v) is 2.90. The summed E-state index contributed by atoms with van der Waals surface area (Å²) < 4.78 is 0. The lowest BCUT2D eigenvalue weighted by Gasteiger charge is -2.02. The zero-order chi connectivity index (χ0) is 13.1. The first kappa shape index (κ1) is 11.5. The molecule has 94 valence electrons. The van der Waals surface area contributed by atoms with Crippen molar-refractivity contribution >= 4 is 16.9 Å². The fourth-order valence-electron chi connectivity index (χ4n) is 1.92. The van der Waals surface area contributed by atoms with Gasteiger partial charge in [-0.2, -0.15) is 0 Å². The molecule has 0 atom stereocenters. The Balaban J connectivity index is 1.73. The molecule has 0 aliphatic rings. The van der Waals surface area contributed by atoms with Crippen molar-refractivity contribution in [2.45, 2.75) is 6.54 Å². The Bertz CT molecular complexity index is 670. The molecule has 4 nitrogen and oxygen atoms in total. The zero-order valence-electron chi connectivity index (χ0n) is 10.3. The molecule has 1 aromatic heterocycles. The predicted molar refractivity (Wildman–Crippen MR) is 73.7 cm³/mol. The Kier molecular flexibility index (Phi) is 2.98. The van der Waals surface area contributed by atoms with Crippen LogP contribution in [0.3, 0.4) is 0 Å². The monoisotopic (exact) mass is 251 g/mol. The first-order valence-electron chi connectivity index (χ1n) is 6.10. The quantitative estimate of drug-likeness (QED) is 0.751. The Morgan fingerprint density at radius 2 is 1.79 bits per heavy atom. The number of fused-ring (bicyclic) bond motifs is 1. The number of hydrogen-bond donors (Lipinski definition) is 2. The minimum atomic E-state index is -0.194. The molecule has 0 saturated carbocycles. The largest absolute Gasteiger partial charge is 0.345 e. The summed E-state index contributed by atoms with van der Waals surface area (Å²) >= 11 is 0. The molecule has 0 unspecified atom stereocenters. The van der Waals surface area contributed by atoms with Crippen molar-refractivity contribution in [2.75, 3.05) is 0 Å². The van der Waals surface area contributed by atoms with Gasteiger partial charge >= 0.3 is 0 Å². The highest BCUT2D eigenvalue weighted by molar-refractivity contribution is 5.94. The topological polar surface area (TPSA) is 57.8 Å². The minimum absolute atomic E-state index is 0.194. The van der Waals surface area contributed by atoms with Crippen molar-refractivity contribution in [3.05, 3.63) is 66.0 Å². The maximum Gasteiger partial charge on any atom is 0.287 e. The van der Waals surface area contributed by atoms with Crippen LogP contribution in [0.5, 0.6) is 0 Å². The third-order valence-electron chi connectivity index (χ3n) is 2.90. The van der Waals surface area contributed by atoms with Gasteiger partial charge in [-0.3, -0.25) is 4.79 Å². The van der Waals surface area contributed by atoms with E-state index in [1.165, 1.54) is 0 Å². The molecule has 1 amide bonds. The van der Waals surface area contributed by atoms with Gasteiger partial charge in [0.15, 0.2) is 5.82 Å². The third kappa shape index (κ3) is 2.47. The summed E-state index contributed by atoms with van der Waals surface area (Å²) in [6.45, 7) is 0.497. The van der Waals surface area contributed by atoms with E-state index in [-0.39, 0.29) is 5.91 Å². The smallest absolute Gasteiger partial charge is 0.287 e. The van der Waals surface area contributed by atoms with Gasteiger partial charge in [0.2, 0.25) is 0 Å². The first-order chi connectivity index (χ1) is 9.33. The number of amides is 1. The molecule has 1 heterocycles. The van der Waals surface area contributed by atoms with E-state index in [2.05, 4.69) is 15.3 Å². The van der Waals surface area contributed by atoms with Crippen molar-refractivity contribution in [1.82, 2.24) is 15.3 Å². The van der Waals surface area contributed by atoms with E-state index in [4.69, 9.17) is 0 Å². The second-order valence-corrected chi connectivity index (χ2v) is 4.27. The lowest BCUT2D eigenvalue weighted by Crippen LogP contribution is -2.23. The molecule has 19 heavy (non-hydrogen) atoms. The van der Waals surface area contributed by atoms with E-state index in [0.717, 1.165) is 16.6 Å². The number of nitrogens with zero attached hydrogens (tertiary/aromatic N) is 1. The molecule has 0 spiro atoms. The van der Waals surface area contributed by atoms with Crippen LogP contribution in [-0.4, -0.2) is 15.9 Å². The van der Waals surface area contributed by atoms with Crippen LogP contribution in [0.2, 0.25) is 0 Å². The maximum atomic E-state index is 12.0. The van der Waals surface area contributed by atoms with Gasteiger partial charge in [-0.15, -0.1) is 0 Å². The Morgan fingerprint density at radius 3 is 2.58 bits per heavy atom. The summed E-state index contributed by atoms with van der Waals surface area (Å²) in [6.07, 6.45) is 0. The molecular weight excluding hydrogens is 238 g/mol. The van der Waals surface area contributed by atoms with Crippen LogP contribution >= 0.6 is 0 Å². The average Bonchev–Trinajstić information content (AvgIpc) is 2.90. The molecule has 3 rings (SSSR count). The summed E-state index contributed by atoms with van der Waals surface area (Å²) in [5.41, 5.74) is 2.73. The van der Waals surface area contributed by atoms with Gasteiger partial charge in [0.05, 0.1) is 11.0 Å². The summed E-state index contributed by atoms with van der Waals surface area (Å²) in [7, 11) is 0. The molecule has 0 aliphatic carbocycles. The number of hydrogen-bond acceptors (Lipinski definition) is 2. The number of rotatable bonds is 3. The summed E-state index contributed by atoms with van der Waals surface area (Å²) in [4.78, 5) is 19.2. The van der Waals surface area contributed by atoms with Gasteiger partial charge in [-0.25, -0.2) is 4.98 Å². The van der Waals surface area contributed by atoms with Gasteiger partial charge in [-0.1, -0.05) is 42.5 Å². The number of benzene rings is 2. The van der Waals surface area contributed by atoms with Gasteiger partial charge in [-0.05, 0) is 17.7 Å². The number of carbonyl (C=O) groups is 1. The predicted octanol–water partition coefficient (Wildman–Crippen LogP) is 2.49. The maximum absolute atomic E-state index is 12.0. The normalized spacial score (nSPS) is 10.5. The summed E-state index contributed by atoms with van der Waals surface area (Å²) in [5, 5.41) is 2.84. The highest BCUT2D eigenvalue weighted by Crippen LogP contribution is 2.10. The lowest BCUT2D eigenvalue weighted by atomic mass is 10.2. The van der Waals surface area contributed by atoms with Crippen LogP contribution in [0, 0.1) is 0 Å². The van der Waals surface area contributed by atoms with Crippen LogP contribution in [0.15, 0.2) is 54.6 Å². The Hall–Kier alpha value is -2.62. The van der Waals surface area contributed by atoms with E-state index in [9.17, 15) is 4.79 Å². The number of nitrogens with one attached hydrogen (secondary N) is 2. The van der Waals surface area contributed by atoms with Crippen LogP contribution in [0.25, 0.3) is 11.0 Å². The molecule has 0 bridgehead atoms. The number of imidazole rings is 1. The standard InChI is InChI=1S/C15H13N3O/c19-15(16-10-11-6-2-1-3-7-11)14-17-12-8-4-5-9-13(12)18-14/h1-9H,10H2,(H,16,19)(H,17,18).